The molecule has 6 bridgehead atoms. The third-order valence-corrected chi connectivity index (χ3v) is 20.1. The molecule has 8 fully saturated rings. The average Bonchev–Trinajstić information content (AvgIpc) is 4.40. The number of nitrogens with one attached hydrogen (secondary N) is 3. The molecule has 17 nitrogen and oxygen atoms in total. The van der Waals surface area contributed by atoms with Crippen molar-refractivity contribution in [3.63, 3.8) is 0 Å². The summed E-state index contributed by atoms with van der Waals surface area (Å²) in [6.45, 7) is 18.2. The van der Waals surface area contributed by atoms with Gasteiger partial charge in [-0.3, -0.25) is 44.3 Å². The molecule has 2 aliphatic carbocycles. The number of nitrogens with zero attached hydrogens (tertiary/aromatic N) is 7. The van der Waals surface area contributed by atoms with Crippen LogP contribution in [-0.4, -0.2) is 175 Å². The molecule has 6 saturated heterocycles. The van der Waals surface area contributed by atoms with Crippen LogP contribution in [0.25, 0.3) is 33.3 Å². The largest absolute Gasteiger partial charge is 0.464 e. The third-order valence-electron chi connectivity index (χ3n) is 20.1. The van der Waals surface area contributed by atoms with E-state index >= 15 is 9.59 Å². The van der Waals surface area contributed by atoms with E-state index in [9.17, 15) is 9.59 Å². The van der Waals surface area contributed by atoms with Gasteiger partial charge in [0.2, 0.25) is 11.8 Å². The van der Waals surface area contributed by atoms with Gasteiger partial charge in [-0.2, -0.15) is 0 Å². The molecule has 1 spiro atoms. The van der Waals surface area contributed by atoms with Crippen molar-refractivity contribution in [3.05, 3.63) is 71.5 Å². The Morgan fingerprint density at radius 3 is 2.56 bits per heavy atom. The minimum atomic E-state index is -0.902. The van der Waals surface area contributed by atoms with Gasteiger partial charge >= 0.3 is 5.97 Å². The number of likely N-dealkylation sites (tertiary alicyclic amines) is 2. The normalized spacial score (nSPS) is 28.0. The Morgan fingerprint density at radius 2 is 1.75 bits per heavy atom. The number of aryl methyl sites for hydroxylation is 1. The minimum Gasteiger partial charge on any atom is -0.464 e. The number of cyclic esters (lactones) is 1. The molecular weight excluding hydrogens is 1020 g/mol. The van der Waals surface area contributed by atoms with E-state index in [0.717, 1.165) is 160 Å². The summed E-state index contributed by atoms with van der Waals surface area (Å²) < 4.78 is 20.8. The number of amides is 3. The van der Waals surface area contributed by atoms with Crippen molar-refractivity contribution >= 4 is 40.3 Å². The molecule has 3 N–H and O–H groups in total. The molecule has 9 heterocycles. The smallest absolute Gasteiger partial charge is 0.324 e. The summed E-state index contributed by atoms with van der Waals surface area (Å²) in [5.74, 6) is 0.327. The Morgan fingerprint density at radius 1 is 0.926 bits per heavy atom. The van der Waals surface area contributed by atoms with Gasteiger partial charge in [-0.25, -0.2) is 5.43 Å². The zero-order chi connectivity index (χ0) is 55.7. The van der Waals surface area contributed by atoms with Gasteiger partial charge in [0.05, 0.1) is 61.3 Å². The number of hydrazine groups is 1. The van der Waals surface area contributed by atoms with Crippen molar-refractivity contribution in [2.45, 2.75) is 154 Å². The van der Waals surface area contributed by atoms with Crippen LogP contribution in [0.4, 0.5) is 5.69 Å². The van der Waals surface area contributed by atoms with E-state index < -0.39 is 23.5 Å². The lowest BCUT2D eigenvalue weighted by Crippen LogP contribution is -2.68. The van der Waals surface area contributed by atoms with E-state index in [0.29, 0.717) is 50.4 Å². The molecule has 434 valence electrons. The van der Waals surface area contributed by atoms with Gasteiger partial charge in [-0.15, -0.1) is 0 Å². The molecule has 81 heavy (non-hydrogen) atoms. The van der Waals surface area contributed by atoms with E-state index in [-0.39, 0.29) is 60.3 Å². The molecule has 17 heteroatoms. The zero-order valence-electron chi connectivity index (χ0n) is 48.6. The zero-order valence-corrected chi connectivity index (χ0v) is 48.6. The van der Waals surface area contributed by atoms with Crippen LogP contribution < -0.4 is 21.0 Å². The minimum absolute atomic E-state index is 0.0236. The maximum Gasteiger partial charge on any atom is 0.324 e. The van der Waals surface area contributed by atoms with Gasteiger partial charge in [-0.1, -0.05) is 57.0 Å². The number of morpholine rings is 1. The van der Waals surface area contributed by atoms with Crippen molar-refractivity contribution in [1.82, 2.24) is 45.3 Å². The van der Waals surface area contributed by atoms with Crippen LogP contribution in [0, 0.1) is 22.7 Å². The summed E-state index contributed by atoms with van der Waals surface area (Å²) in [5, 5.41) is 9.57. The number of piperazine rings is 1. The number of hydrogen-bond acceptors (Lipinski definition) is 13. The van der Waals surface area contributed by atoms with Crippen LogP contribution in [0.5, 0.6) is 0 Å². The fraction of sp³-hybridized carbons (Fsp3) is 0.641. The average molecular weight is 1110 g/mol. The summed E-state index contributed by atoms with van der Waals surface area (Å²) >= 11 is 0. The van der Waals surface area contributed by atoms with E-state index in [2.05, 4.69) is 116 Å². The van der Waals surface area contributed by atoms with Crippen LogP contribution in [0.3, 0.4) is 0 Å². The van der Waals surface area contributed by atoms with E-state index in [1.807, 2.05) is 6.20 Å². The van der Waals surface area contributed by atoms with Gasteiger partial charge in [0.1, 0.15) is 18.1 Å². The van der Waals surface area contributed by atoms with E-state index in [1.165, 1.54) is 12.8 Å². The number of esters is 1. The topological polar surface area (TPSA) is 176 Å². The van der Waals surface area contributed by atoms with Crippen LogP contribution in [0.2, 0.25) is 0 Å². The Bertz CT molecular complexity index is 3040. The van der Waals surface area contributed by atoms with Crippen molar-refractivity contribution < 1.29 is 33.4 Å². The molecule has 4 aromatic rings. The van der Waals surface area contributed by atoms with E-state index in [1.54, 1.807) is 12.1 Å². The van der Waals surface area contributed by atoms with Gasteiger partial charge in [-0.05, 0) is 130 Å². The third kappa shape index (κ3) is 10.9. The molecule has 3 amide bonds. The highest BCUT2D eigenvalue weighted by atomic mass is 16.5. The number of benzene rings is 2. The first-order chi connectivity index (χ1) is 39.3. The Labute approximate surface area is 478 Å². The number of aromatic nitrogens is 2. The summed E-state index contributed by atoms with van der Waals surface area (Å²) in [7, 11) is 1.74. The molecular formula is C64H86N10O7. The maximum atomic E-state index is 15.4. The van der Waals surface area contributed by atoms with Gasteiger partial charge in [0.15, 0.2) is 0 Å². The Balaban J connectivity index is 0.838. The maximum absolute atomic E-state index is 15.4. The molecule has 7 atom stereocenters. The molecule has 13 rings (SSSR count). The standard InChI is InChI=1S/C64H86N10O7/c1-6-73-53-20-19-45-30-48(53)50(58(73)49-31-46(33-65-54(49)40(2)79-5)70-25-24-69-26-27-80-35-47(69)34-70)32-63(3,4)39-81-62(78)51-16-10-23-74(68-51)60(76)52(29-41-12-9-15-44(45)28-41)66-59(75)57(43-13-7-8-14-43)71-22-11-21-64(36-71)37-72(38-64)61(77)56-55(67-56)42-17-18-42/h9,12,15,19-20,28,30-31,33,40,42-43,47,51-52,55-57,67-68H,6-8,10-11,13-14,16-18,21-27,29,32,34-39H2,1-5H3,(H,66,75)/t40-,47-,51-,52-,55?,56+,57?/m0/s1. The van der Waals surface area contributed by atoms with Crippen LogP contribution in [0.15, 0.2) is 54.7 Å². The Hall–Kier alpha value is -5.43. The van der Waals surface area contributed by atoms with Gasteiger partial charge in [0.25, 0.3) is 5.91 Å². The van der Waals surface area contributed by atoms with Gasteiger partial charge in [0, 0.05) is 106 Å². The second-order valence-electron chi connectivity index (χ2n) is 26.5. The number of pyridine rings is 1. The van der Waals surface area contributed by atoms with Crippen LogP contribution in [-0.2, 0) is 52.8 Å². The molecule has 2 aromatic heterocycles. The molecule has 2 aromatic carbocycles. The van der Waals surface area contributed by atoms with Crippen LogP contribution >= 0.6 is 0 Å². The fourth-order valence-electron chi connectivity index (χ4n) is 15.5. The highest BCUT2D eigenvalue weighted by molar-refractivity contribution is 5.96. The van der Waals surface area contributed by atoms with Crippen molar-refractivity contribution in [2.75, 3.05) is 90.7 Å². The number of fused-ring (bicyclic) bond motifs is 7. The summed E-state index contributed by atoms with van der Waals surface area (Å²) in [5.41, 5.74) is 12.1. The molecule has 2 saturated carbocycles. The lowest BCUT2D eigenvalue weighted by atomic mass is 9.72. The molecule has 7 aliphatic heterocycles. The van der Waals surface area contributed by atoms with Crippen molar-refractivity contribution in [1.29, 1.82) is 0 Å². The number of rotatable bonds is 11. The number of carbonyl (C=O) groups excluding carboxylic acids is 4. The predicted molar refractivity (Wildman–Crippen MR) is 311 cm³/mol. The second-order valence-corrected chi connectivity index (χ2v) is 26.5. The molecule has 0 radical (unpaired) electrons. The van der Waals surface area contributed by atoms with Gasteiger partial charge < -0.3 is 33.9 Å². The quantitative estimate of drug-likeness (QED) is 0.110. The SMILES string of the molecule is CCn1c(-c2cc(N3CCN4CCOC[C@@H]4C3)cnc2[C@H](C)OC)c2c3cc(ccc31)-c1cccc(c1)C[C@H](NC(=O)C(C1CCCC1)N1CCCC3(CN(C(=O)[C@@H]4NC4C4CC4)C3)C1)C(=O)N1CCC[C@H](N1)C(=O)OCC(C)(C)C2. The molecule has 2 unspecified atom stereocenters. The number of anilines is 1. The highest BCUT2D eigenvalue weighted by Gasteiger charge is 2.57. The highest BCUT2D eigenvalue weighted by Crippen LogP contribution is 2.46. The Kier molecular flexibility index (Phi) is 15.1. The first-order valence-corrected chi connectivity index (χ1v) is 30.9. The number of methoxy groups -OCH3 is 1. The summed E-state index contributed by atoms with van der Waals surface area (Å²) in [4.78, 5) is 73.2. The number of carbonyl (C=O) groups is 4. The summed E-state index contributed by atoms with van der Waals surface area (Å²) in [6, 6.07) is 16.2. The first kappa shape index (κ1) is 54.8. The first-order valence-electron chi connectivity index (χ1n) is 30.9. The predicted octanol–water partition coefficient (Wildman–Crippen LogP) is 6.50. The van der Waals surface area contributed by atoms with Crippen molar-refractivity contribution in [3.8, 4) is 22.4 Å². The second kappa shape index (κ2) is 22.3. The number of hydrogen-bond donors (Lipinski definition) is 3. The van der Waals surface area contributed by atoms with Crippen molar-refractivity contribution in [2.24, 2.45) is 22.7 Å². The lowest BCUT2D eigenvalue weighted by molar-refractivity contribution is -0.155. The van der Waals surface area contributed by atoms with Crippen LogP contribution in [0.1, 0.15) is 115 Å². The monoisotopic (exact) mass is 1110 g/mol. The lowest BCUT2D eigenvalue weighted by Gasteiger charge is -2.56. The fourth-order valence-corrected chi connectivity index (χ4v) is 15.5. The number of piperidine rings is 1. The number of ether oxygens (including phenoxy) is 3. The van der Waals surface area contributed by atoms with E-state index in [4.69, 9.17) is 19.2 Å². The molecule has 9 aliphatic rings. The summed E-state index contributed by atoms with van der Waals surface area (Å²) in [6.07, 6.45) is 12.3.